The van der Waals surface area contributed by atoms with Crippen LogP contribution in [0.3, 0.4) is 0 Å². The zero-order valence-electron chi connectivity index (χ0n) is 7.49. The molecule has 0 radical (unpaired) electrons. The largest absolute Gasteiger partial charge is 0.330 e. The number of halogens is 1. The molecule has 0 aromatic carbocycles. The number of imide groups is 1. The molecule has 0 spiro atoms. The Labute approximate surface area is 83.9 Å². The van der Waals surface area contributed by atoms with Crippen molar-refractivity contribution in [1.82, 2.24) is 4.90 Å². The summed E-state index contributed by atoms with van der Waals surface area (Å²) in [5.74, 6) is -0.0972. The molecular formula is C8H15ClN2O2. The van der Waals surface area contributed by atoms with Crippen LogP contribution >= 0.6 is 12.4 Å². The van der Waals surface area contributed by atoms with Gasteiger partial charge in [0.25, 0.3) is 0 Å². The maximum absolute atomic E-state index is 11.3. The molecule has 76 valence electrons. The fourth-order valence-corrected chi connectivity index (χ4v) is 1.30. The second-order valence-corrected chi connectivity index (χ2v) is 2.93. The molecule has 1 saturated heterocycles. The van der Waals surface area contributed by atoms with Crippen LogP contribution in [0.2, 0.25) is 0 Å². The second kappa shape index (κ2) is 5.94. The number of carbonyl (C=O) groups is 2. The van der Waals surface area contributed by atoms with Gasteiger partial charge >= 0.3 is 0 Å². The molecule has 1 rings (SSSR count). The minimum Gasteiger partial charge on any atom is -0.330 e. The van der Waals surface area contributed by atoms with E-state index in [1.165, 1.54) is 4.90 Å². The maximum Gasteiger partial charge on any atom is 0.229 e. The average Bonchev–Trinajstić information content (AvgIpc) is 2.47. The van der Waals surface area contributed by atoms with E-state index in [1.54, 1.807) is 0 Å². The van der Waals surface area contributed by atoms with Crippen molar-refractivity contribution in [2.24, 2.45) is 5.73 Å². The standard InChI is InChI=1S/C8H14N2O2.ClH/c9-5-1-3-7(11)10-6-2-4-8(10)12;/h1-6,9H2;1H. The maximum atomic E-state index is 11.3. The first-order valence-electron chi connectivity index (χ1n) is 4.29. The van der Waals surface area contributed by atoms with Gasteiger partial charge in [-0.3, -0.25) is 14.5 Å². The number of nitrogens with two attached hydrogens (primary N) is 1. The highest BCUT2D eigenvalue weighted by Gasteiger charge is 2.25. The van der Waals surface area contributed by atoms with Crippen LogP contribution in [0.1, 0.15) is 25.7 Å². The van der Waals surface area contributed by atoms with Gasteiger partial charge in [-0.05, 0) is 19.4 Å². The molecule has 0 saturated carbocycles. The molecular weight excluding hydrogens is 192 g/mol. The fourth-order valence-electron chi connectivity index (χ4n) is 1.30. The Balaban J connectivity index is 0.00000144. The molecule has 4 nitrogen and oxygen atoms in total. The van der Waals surface area contributed by atoms with Crippen LogP contribution in [-0.4, -0.2) is 29.8 Å². The van der Waals surface area contributed by atoms with Crippen molar-refractivity contribution >= 4 is 24.2 Å². The van der Waals surface area contributed by atoms with Gasteiger partial charge in [0.2, 0.25) is 11.8 Å². The Morgan fingerprint density at radius 2 is 2.23 bits per heavy atom. The zero-order valence-corrected chi connectivity index (χ0v) is 8.31. The third-order valence-corrected chi connectivity index (χ3v) is 1.97. The summed E-state index contributed by atoms with van der Waals surface area (Å²) >= 11 is 0. The number of hydrogen-bond donors (Lipinski definition) is 1. The summed E-state index contributed by atoms with van der Waals surface area (Å²) < 4.78 is 0. The van der Waals surface area contributed by atoms with Crippen LogP contribution < -0.4 is 5.73 Å². The Kier molecular flexibility index (Phi) is 5.66. The van der Waals surface area contributed by atoms with E-state index in [0.29, 0.717) is 32.4 Å². The van der Waals surface area contributed by atoms with Gasteiger partial charge in [0.1, 0.15) is 0 Å². The molecule has 0 aromatic rings. The van der Waals surface area contributed by atoms with Gasteiger partial charge < -0.3 is 5.73 Å². The molecule has 13 heavy (non-hydrogen) atoms. The van der Waals surface area contributed by atoms with Crippen molar-refractivity contribution in [3.63, 3.8) is 0 Å². The number of carbonyl (C=O) groups excluding carboxylic acids is 2. The Bertz CT molecular complexity index is 197. The summed E-state index contributed by atoms with van der Waals surface area (Å²) in [6.07, 6.45) is 2.41. The SMILES string of the molecule is Cl.NCCCC(=O)N1CCCC1=O. The number of likely N-dealkylation sites (tertiary alicyclic amines) is 1. The van der Waals surface area contributed by atoms with Gasteiger partial charge in [-0.25, -0.2) is 0 Å². The van der Waals surface area contributed by atoms with Crippen molar-refractivity contribution in [2.45, 2.75) is 25.7 Å². The molecule has 0 unspecified atom stereocenters. The topological polar surface area (TPSA) is 63.4 Å². The van der Waals surface area contributed by atoms with E-state index >= 15 is 0 Å². The van der Waals surface area contributed by atoms with E-state index in [4.69, 9.17) is 5.73 Å². The predicted octanol–water partition coefficient (Wildman–Crippen LogP) is 0.296. The first-order chi connectivity index (χ1) is 5.75. The van der Waals surface area contributed by atoms with Gasteiger partial charge in [-0.15, -0.1) is 12.4 Å². The second-order valence-electron chi connectivity index (χ2n) is 2.93. The van der Waals surface area contributed by atoms with Crippen molar-refractivity contribution in [2.75, 3.05) is 13.1 Å². The predicted molar refractivity (Wildman–Crippen MR) is 51.5 cm³/mol. The van der Waals surface area contributed by atoms with Gasteiger partial charge in [-0.2, -0.15) is 0 Å². The zero-order chi connectivity index (χ0) is 8.97. The molecule has 5 heteroatoms. The van der Waals surface area contributed by atoms with Crippen LogP contribution in [0, 0.1) is 0 Å². The minimum atomic E-state index is -0.0667. The molecule has 1 aliphatic heterocycles. The van der Waals surface area contributed by atoms with Crippen molar-refractivity contribution in [1.29, 1.82) is 0 Å². The average molecular weight is 207 g/mol. The first-order valence-corrected chi connectivity index (χ1v) is 4.29. The van der Waals surface area contributed by atoms with Gasteiger partial charge in [0.05, 0.1) is 0 Å². The third-order valence-electron chi connectivity index (χ3n) is 1.97. The highest BCUT2D eigenvalue weighted by Crippen LogP contribution is 2.11. The molecule has 0 bridgehead atoms. The minimum absolute atomic E-state index is 0. The fraction of sp³-hybridized carbons (Fsp3) is 0.750. The van der Waals surface area contributed by atoms with Crippen LogP contribution in [0.15, 0.2) is 0 Å². The molecule has 0 atom stereocenters. The molecule has 2 N–H and O–H groups in total. The van der Waals surface area contributed by atoms with Crippen molar-refractivity contribution in [3.05, 3.63) is 0 Å². The Hall–Kier alpha value is -0.610. The van der Waals surface area contributed by atoms with Crippen LogP contribution in [0.5, 0.6) is 0 Å². The smallest absolute Gasteiger partial charge is 0.229 e. The molecule has 1 aliphatic rings. The lowest BCUT2D eigenvalue weighted by atomic mass is 10.3. The number of nitrogens with zero attached hydrogens (tertiary/aromatic N) is 1. The lowest BCUT2D eigenvalue weighted by Crippen LogP contribution is -2.31. The summed E-state index contributed by atoms with van der Waals surface area (Å²) in [5.41, 5.74) is 5.25. The van der Waals surface area contributed by atoms with E-state index in [-0.39, 0.29) is 24.2 Å². The molecule has 1 fully saturated rings. The summed E-state index contributed by atoms with van der Waals surface area (Å²) in [7, 11) is 0. The monoisotopic (exact) mass is 206 g/mol. The highest BCUT2D eigenvalue weighted by atomic mass is 35.5. The van der Waals surface area contributed by atoms with E-state index in [1.807, 2.05) is 0 Å². The van der Waals surface area contributed by atoms with E-state index in [9.17, 15) is 9.59 Å². The number of rotatable bonds is 3. The Morgan fingerprint density at radius 1 is 1.54 bits per heavy atom. The highest BCUT2D eigenvalue weighted by molar-refractivity contribution is 5.96. The van der Waals surface area contributed by atoms with Gasteiger partial charge in [-0.1, -0.05) is 0 Å². The molecule has 0 aliphatic carbocycles. The van der Waals surface area contributed by atoms with E-state index in [2.05, 4.69) is 0 Å². The molecule has 0 aromatic heterocycles. The summed E-state index contributed by atoms with van der Waals surface area (Å²) in [6, 6.07) is 0. The molecule has 1 heterocycles. The van der Waals surface area contributed by atoms with E-state index < -0.39 is 0 Å². The van der Waals surface area contributed by atoms with Crippen LogP contribution in [-0.2, 0) is 9.59 Å². The van der Waals surface area contributed by atoms with Gasteiger partial charge in [0, 0.05) is 19.4 Å². The lowest BCUT2D eigenvalue weighted by Gasteiger charge is -2.12. The van der Waals surface area contributed by atoms with Crippen LogP contribution in [0.25, 0.3) is 0 Å². The van der Waals surface area contributed by atoms with Crippen molar-refractivity contribution in [3.8, 4) is 0 Å². The first kappa shape index (κ1) is 12.4. The quantitative estimate of drug-likeness (QED) is 0.722. The van der Waals surface area contributed by atoms with E-state index in [0.717, 1.165) is 6.42 Å². The molecule has 2 amide bonds. The summed E-state index contributed by atoms with van der Waals surface area (Å²) in [6.45, 7) is 1.11. The normalized spacial score (nSPS) is 15.8. The Morgan fingerprint density at radius 3 is 2.69 bits per heavy atom. The summed E-state index contributed by atoms with van der Waals surface area (Å²) in [4.78, 5) is 23.7. The van der Waals surface area contributed by atoms with Gasteiger partial charge in [0.15, 0.2) is 0 Å². The van der Waals surface area contributed by atoms with Crippen LogP contribution in [0.4, 0.5) is 0 Å². The third kappa shape index (κ3) is 3.32. The lowest BCUT2D eigenvalue weighted by molar-refractivity contribution is -0.141. The number of hydrogen-bond acceptors (Lipinski definition) is 3. The van der Waals surface area contributed by atoms with Crippen molar-refractivity contribution < 1.29 is 9.59 Å². The number of amides is 2. The summed E-state index contributed by atoms with van der Waals surface area (Å²) in [5, 5.41) is 0.